The van der Waals surface area contributed by atoms with Crippen LogP contribution in [0.25, 0.3) is 0 Å². The van der Waals surface area contributed by atoms with Crippen molar-refractivity contribution in [1.29, 1.82) is 0 Å². The molecule has 1 N–H and O–H groups in total. The van der Waals surface area contributed by atoms with Crippen LogP contribution in [0.2, 0.25) is 0 Å². The number of amides is 3. The van der Waals surface area contributed by atoms with E-state index in [0.29, 0.717) is 50.5 Å². The number of hydrogen-bond donors (Lipinski definition) is 1. The van der Waals surface area contributed by atoms with Gasteiger partial charge in [-0.05, 0) is 66.9 Å². The fourth-order valence-corrected chi connectivity index (χ4v) is 5.53. The van der Waals surface area contributed by atoms with Gasteiger partial charge in [-0.15, -0.1) is 0 Å². The highest BCUT2D eigenvalue weighted by molar-refractivity contribution is 5.99. The zero-order valence-electron chi connectivity index (χ0n) is 22.8. The average Bonchev–Trinajstić information content (AvgIpc) is 3.24. The smallest absolute Gasteiger partial charge is 0.250 e. The van der Waals surface area contributed by atoms with Crippen LogP contribution < -0.4 is 19.7 Å². The van der Waals surface area contributed by atoms with E-state index in [2.05, 4.69) is 10.2 Å². The summed E-state index contributed by atoms with van der Waals surface area (Å²) >= 11 is 0. The highest BCUT2D eigenvalue weighted by Gasteiger charge is 2.54. The number of methoxy groups -OCH3 is 2. The van der Waals surface area contributed by atoms with Gasteiger partial charge in [0.2, 0.25) is 11.8 Å². The summed E-state index contributed by atoms with van der Waals surface area (Å²) in [7, 11) is 3.20. The monoisotopic (exact) mass is 542 g/mol. The van der Waals surface area contributed by atoms with Gasteiger partial charge in [-0.1, -0.05) is 30.3 Å². The number of hydrogen-bond acceptors (Lipinski definition) is 6. The van der Waals surface area contributed by atoms with Gasteiger partial charge >= 0.3 is 0 Å². The van der Waals surface area contributed by atoms with Crippen molar-refractivity contribution in [2.45, 2.75) is 24.8 Å². The second kappa shape index (κ2) is 11.7. The van der Waals surface area contributed by atoms with Crippen LogP contribution in [0.5, 0.6) is 11.5 Å². The van der Waals surface area contributed by atoms with Crippen LogP contribution in [0, 0.1) is 0 Å². The Bertz CT molecular complexity index is 1340. The minimum Gasteiger partial charge on any atom is -0.497 e. The number of carbonyl (C=O) groups is 3. The second-order valence-electron chi connectivity index (χ2n) is 10.1. The number of rotatable bonds is 8. The molecule has 0 unspecified atom stereocenters. The summed E-state index contributed by atoms with van der Waals surface area (Å²) in [5.74, 6) is 1.13. The summed E-state index contributed by atoms with van der Waals surface area (Å²) in [6.45, 7) is 1.18. The van der Waals surface area contributed by atoms with Gasteiger partial charge in [0.25, 0.3) is 5.91 Å². The largest absolute Gasteiger partial charge is 0.497 e. The molecule has 40 heavy (non-hydrogen) atoms. The number of para-hydroxylation sites is 1. The van der Waals surface area contributed by atoms with E-state index >= 15 is 0 Å². The summed E-state index contributed by atoms with van der Waals surface area (Å²) in [6.07, 6.45) is 1.28. The first kappa shape index (κ1) is 27.1. The Hall–Kier alpha value is -4.53. The SMILES string of the molecule is COc1ccc(CC(=O)N2CCC3(CC2)C(=O)N(CC(=O)Nc2ccc(OC)cc2)CN3c2ccccc2)cc1. The summed E-state index contributed by atoms with van der Waals surface area (Å²) in [5, 5.41) is 2.87. The molecule has 0 bridgehead atoms. The number of nitrogens with zero attached hydrogens (tertiary/aromatic N) is 3. The predicted octanol–water partition coefficient (Wildman–Crippen LogP) is 3.55. The molecule has 9 heteroatoms. The Morgan fingerprint density at radius 2 is 1.45 bits per heavy atom. The fourth-order valence-electron chi connectivity index (χ4n) is 5.53. The van der Waals surface area contributed by atoms with Gasteiger partial charge in [-0.3, -0.25) is 14.4 Å². The molecule has 0 radical (unpaired) electrons. The minimum absolute atomic E-state index is 0.0347. The lowest BCUT2D eigenvalue weighted by Gasteiger charge is -2.43. The standard InChI is InChI=1S/C31H34N4O5/c1-39-26-12-8-23(9-13-26)20-29(37)33-18-16-31(17-19-33)30(38)34(22-35(31)25-6-4-3-5-7-25)21-28(36)32-24-10-14-27(40-2)15-11-24/h3-15H,16-22H2,1-2H3,(H,32,36). The molecule has 9 nitrogen and oxygen atoms in total. The van der Waals surface area contributed by atoms with E-state index in [-0.39, 0.29) is 24.3 Å². The number of piperidine rings is 1. The first-order chi connectivity index (χ1) is 19.4. The van der Waals surface area contributed by atoms with Crippen LogP contribution in [-0.4, -0.2) is 73.6 Å². The summed E-state index contributed by atoms with van der Waals surface area (Å²) in [4.78, 5) is 45.5. The maximum Gasteiger partial charge on any atom is 0.250 e. The quantitative estimate of drug-likeness (QED) is 0.468. The molecule has 2 fully saturated rings. The lowest BCUT2D eigenvalue weighted by Crippen LogP contribution is -2.57. The average molecular weight is 543 g/mol. The molecule has 5 rings (SSSR count). The van der Waals surface area contributed by atoms with Crippen molar-refractivity contribution in [2.24, 2.45) is 0 Å². The topological polar surface area (TPSA) is 91.4 Å². The summed E-state index contributed by atoms with van der Waals surface area (Å²) in [5.41, 5.74) is 1.67. The van der Waals surface area contributed by atoms with E-state index < -0.39 is 5.54 Å². The zero-order chi connectivity index (χ0) is 28.1. The van der Waals surface area contributed by atoms with Gasteiger partial charge in [0.05, 0.1) is 27.3 Å². The highest BCUT2D eigenvalue weighted by Crippen LogP contribution is 2.39. The molecule has 3 aromatic carbocycles. The van der Waals surface area contributed by atoms with Crippen LogP contribution in [0.15, 0.2) is 78.9 Å². The van der Waals surface area contributed by atoms with Crippen LogP contribution >= 0.6 is 0 Å². The number of carbonyl (C=O) groups excluding carboxylic acids is 3. The molecule has 2 aliphatic rings. The first-order valence-electron chi connectivity index (χ1n) is 13.4. The van der Waals surface area contributed by atoms with Crippen molar-refractivity contribution < 1.29 is 23.9 Å². The third-order valence-electron chi connectivity index (χ3n) is 7.75. The molecule has 2 heterocycles. The first-order valence-corrected chi connectivity index (χ1v) is 13.4. The van der Waals surface area contributed by atoms with E-state index in [9.17, 15) is 14.4 Å². The maximum atomic E-state index is 13.9. The number of likely N-dealkylation sites (tertiary alicyclic amines) is 1. The molecule has 0 aromatic heterocycles. The normalized spacial score (nSPS) is 16.2. The van der Waals surface area contributed by atoms with Crippen LogP contribution in [0.4, 0.5) is 11.4 Å². The molecule has 0 saturated carbocycles. The van der Waals surface area contributed by atoms with Crippen molar-refractivity contribution in [3.63, 3.8) is 0 Å². The Morgan fingerprint density at radius 3 is 2.05 bits per heavy atom. The molecule has 3 aromatic rings. The Kier molecular flexibility index (Phi) is 7.91. The van der Waals surface area contributed by atoms with Crippen molar-refractivity contribution in [2.75, 3.05) is 50.7 Å². The van der Waals surface area contributed by atoms with E-state index in [1.165, 1.54) is 0 Å². The number of anilines is 2. The predicted molar refractivity (Wildman–Crippen MR) is 152 cm³/mol. The molecule has 2 aliphatic heterocycles. The Morgan fingerprint density at radius 1 is 0.850 bits per heavy atom. The number of ether oxygens (including phenoxy) is 2. The molecule has 0 atom stereocenters. The number of nitrogens with one attached hydrogen (secondary N) is 1. The lowest BCUT2D eigenvalue weighted by molar-refractivity contribution is -0.139. The van der Waals surface area contributed by atoms with Gasteiger partial charge in [0.1, 0.15) is 23.6 Å². The van der Waals surface area contributed by atoms with E-state index in [1.54, 1.807) is 43.4 Å². The van der Waals surface area contributed by atoms with E-state index in [1.807, 2.05) is 59.5 Å². The van der Waals surface area contributed by atoms with Crippen LogP contribution in [0.3, 0.4) is 0 Å². The Balaban J connectivity index is 1.27. The number of benzene rings is 3. The molecular formula is C31H34N4O5. The molecular weight excluding hydrogens is 508 g/mol. The van der Waals surface area contributed by atoms with Gasteiger partial charge in [-0.25, -0.2) is 0 Å². The zero-order valence-corrected chi connectivity index (χ0v) is 22.8. The van der Waals surface area contributed by atoms with Crippen LogP contribution in [-0.2, 0) is 20.8 Å². The van der Waals surface area contributed by atoms with E-state index in [0.717, 1.165) is 17.0 Å². The fraction of sp³-hybridized carbons (Fsp3) is 0.323. The van der Waals surface area contributed by atoms with Crippen molar-refractivity contribution >= 4 is 29.1 Å². The minimum atomic E-state index is -0.807. The van der Waals surface area contributed by atoms with Crippen molar-refractivity contribution in [1.82, 2.24) is 9.80 Å². The van der Waals surface area contributed by atoms with Gasteiger partial charge < -0.3 is 29.5 Å². The summed E-state index contributed by atoms with van der Waals surface area (Å²) in [6, 6.07) is 24.4. The van der Waals surface area contributed by atoms with Gasteiger partial charge in [0.15, 0.2) is 0 Å². The Labute approximate surface area is 234 Å². The van der Waals surface area contributed by atoms with Crippen molar-refractivity contribution in [3.8, 4) is 11.5 Å². The van der Waals surface area contributed by atoms with Gasteiger partial charge in [-0.2, -0.15) is 0 Å². The molecule has 3 amide bonds. The lowest BCUT2D eigenvalue weighted by atomic mass is 9.85. The molecule has 208 valence electrons. The van der Waals surface area contributed by atoms with E-state index in [4.69, 9.17) is 9.47 Å². The molecule has 1 spiro atoms. The highest BCUT2D eigenvalue weighted by atomic mass is 16.5. The maximum absolute atomic E-state index is 13.9. The third-order valence-corrected chi connectivity index (χ3v) is 7.75. The van der Waals surface area contributed by atoms with Crippen molar-refractivity contribution in [3.05, 3.63) is 84.4 Å². The molecule has 0 aliphatic carbocycles. The third kappa shape index (κ3) is 5.59. The van der Waals surface area contributed by atoms with Gasteiger partial charge in [0, 0.05) is 24.5 Å². The molecule has 2 saturated heterocycles. The summed E-state index contributed by atoms with van der Waals surface area (Å²) < 4.78 is 10.4. The second-order valence-corrected chi connectivity index (χ2v) is 10.1. The van der Waals surface area contributed by atoms with Crippen LogP contribution in [0.1, 0.15) is 18.4 Å².